The van der Waals surface area contributed by atoms with Gasteiger partial charge in [0.25, 0.3) is 5.91 Å². The molecule has 0 aliphatic rings. The third-order valence-electron chi connectivity index (χ3n) is 2.83. The van der Waals surface area contributed by atoms with E-state index < -0.39 is 0 Å². The first kappa shape index (κ1) is 15.2. The number of aliphatic hydroxyl groups is 1. The molecule has 0 saturated heterocycles. The van der Waals surface area contributed by atoms with E-state index in [4.69, 9.17) is 5.11 Å². The summed E-state index contributed by atoms with van der Waals surface area (Å²) in [5.74, 6) is -0.0573. The third kappa shape index (κ3) is 5.19. The number of rotatable bonds is 6. The van der Waals surface area contributed by atoms with E-state index in [0.717, 1.165) is 17.3 Å². The van der Waals surface area contributed by atoms with Gasteiger partial charge in [-0.15, -0.1) is 0 Å². The summed E-state index contributed by atoms with van der Waals surface area (Å²) >= 11 is 3.34. The quantitative estimate of drug-likeness (QED) is 0.793. The largest absolute Gasteiger partial charge is 0.396 e. The SMILES string of the molecule is CC(C)(CO)CCCNC(=O)c1cccc(Br)c1. The highest BCUT2D eigenvalue weighted by Crippen LogP contribution is 2.20. The summed E-state index contributed by atoms with van der Waals surface area (Å²) in [5, 5.41) is 12.0. The lowest BCUT2D eigenvalue weighted by Crippen LogP contribution is -2.26. The normalized spacial score (nSPS) is 11.3. The molecular formula is C14H20BrNO2. The Morgan fingerprint density at radius 2 is 2.17 bits per heavy atom. The van der Waals surface area contributed by atoms with Crippen LogP contribution in [-0.4, -0.2) is 24.2 Å². The second-order valence-electron chi connectivity index (χ2n) is 5.19. The van der Waals surface area contributed by atoms with E-state index in [0.29, 0.717) is 12.1 Å². The van der Waals surface area contributed by atoms with Gasteiger partial charge in [-0.1, -0.05) is 35.8 Å². The minimum atomic E-state index is -0.0689. The molecule has 100 valence electrons. The number of nitrogens with one attached hydrogen (secondary N) is 1. The van der Waals surface area contributed by atoms with Crippen LogP contribution < -0.4 is 5.32 Å². The Bertz CT molecular complexity index is 405. The Kier molecular flexibility index (Phi) is 5.82. The van der Waals surface area contributed by atoms with Crippen molar-refractivity contribution in [3.63, 3.8) is 0 Å². The van der Waals surface area contributed by atoms with Crippen molar-refractivity contribution in [3.05, 3.63) is 34.3 Å². The molecule has 0 bridgehead atoms. The molecule has 0 unspecified atom stereocenters. The lowest BCUT2D eigenvalue weighted by molar-refractivity contribution is 0.0948. The molecule has 0 aliphatic heterocycles. The number of hydrogen-bond acceptors (Lipinski definition) is 2. The zero-order valence-electron chi connectivity index (χ0n) is 10.9. The van der Waals surface area contributed by atoms with Crippen molar-refractivity contribution in [2.45, 2.75) is 26.7 Å². The van der Waals surface area contributed by atoms with Crippen LogP contribution in [0.15, 0.2) is 28.7 Å². The van der Waals surface area contributed by atoms with E-state index in [9.17, 15) is 4.79 Å². The fraction of sp³-hybridized carbons (Fsp3) is 0.500. The molecule has 0 atom stereocenters. The number of amides is 1. The van der Waals surface area contributed by atoms with Crippen molar-refractivity contribution in [3.8, 4) is 0 Å². The maximum atomic E-state index is 11.8. The zero-order chi connectivity index (χ0) is 13.6. The highest BCUT2D eigenvalue weighted by molar-refractivity contribution is 9.10. The summed E-state index contributed by atoms with van der Waals surface area (Å²) in [6, 6.07) is 7.32. The molecule has 2 N–H and O–H groups in total. The van der Waals surface area contributed by atoms with Crippen LogP contribution in [0.5, 0.6) is 0 Å². The van der Waals surface area contributed by atoms with Gasteiger partial charge in [-0.2, -0.15) is 0 Å². The monoisotopic (exact) mass is 313 g/mol. The van der Waals surface area contributed by atoms with E-state index >= 15 is 0 Å². The van der Waals surface area contributed by atoms with Crippen LogP contribution in [0, 0.1) is 5.41 Å². The van der Waals surface area contributed by atoms with Gasteiger partial charge in [0.2, 0.25) is 0 Å². The standard InChI is InChI=1S/C14H20BrNO2/c1-14(2,10-17)7-4-8-16-13(18)11-5-3-6-12(15)9-11/h3,5-6,9,17H,4,7-8,10H2,1-2H3,(H,16,18). The molecule has 18 heavy (non-hydrogen) atoms. The Hall–Kier alpha value is -0.870. The molecule has 0 radical (unpaired) electrons. The average molecular weight is 314 g/mol. The maximum Gasteiger partial charge on any atom is 0.251 e. The van der Waals surface area contributed by atoms with E-state index in [-0.39, 0.29) is 17.9 Å². The molecular weight excluding hydrogens is 294 g/mol. The summed E-state index contributed by atoms with van der Waals surface area (Å²) in [6.45, 7) is 4.84. The first-order valence-corrected chi connectivity index (χ1v) is 6.88. The Labute approximate surface area is 117 Å². The number of halogens is 1. The van der Waals surface area contributed by atoms with Gasteiger partial charge < -0.3 is 10.4 Å². The van der Waals surface area contributed by atoms with Gasteiger partial charge in [-0.3, -0.25) is 4.79 Å². The average Bonchev–Trinajstić information content (AvgIpc) is 2.34. The Morgan fingerprint density at radius 1 is 1.44 bits per heavy atom. The van der Waals surface area contributed by atoms with E-state index in [1.165, 1.54) is 0 Å². The van der Waals surface area contributed by atoms with Crippen LogP contribution in [0.25, 0.3) is 0 Å². The zero-order valence-corrected chi connectivity index (χ0v) is 12.5. The predicted molar refractivity (Wildman–Crippen MR) is 76.6 cm³/mol. The Balaban J connectivity index is 2.34. The molecule has 0 heterocycles. The van der Waals surface area contributed by atoms with Gasteiger partial charge in [0.15, 0.2) is 0 Å². The summed E-state index contributed by atoms with van der Waals surface area (Å²) in [6.07, 6.45) is 1.76. The van der Waals surface area contributed by atoms with Crippen molar-refractivity contribution >= 4 is 21.8 Å². The first-order valence-electron chi connectivity index (χ1n) is 6.09. The van der Waals surface area contributed by atoms with Crippen LogP contribution >= 0.6 is 15.9 Å². The number of benzene rings is 1. The van der Waals surface area contributed by atoms with Gasteiger partial charge in [0.05, 0.1) is 0 Å². The third-order valence-corrected chi connectivity index (χ3v) is 3.32. The van der Waals surface area contributed by atoms with Crippen molar-refractivity contribution in [1.29, 1.82) is 0 Å². The second kappa shape index (κ2) is 6.90. The summed E-state index contributed by atoms with van der Waals surface area (Å²) in [5.41, 5.74) is 0.589. The molecule has 0 fully saturated rings. The molecule has 1 aromatic carbocycles. The fourth-order valence-corrected chi connectivity index (χ4v) is 1.98. The highest BCUT2D eigenvalue weighted by atomic mass is 79.9. The second-order valence-corrected chi connectivity index (χ2v) is 6.11. The molecule has 1 aromatic rings. The summed E-state index contributed by atoms with van der Waals surface area (Å²) in [7, 11) is 0. The van der Waals surface area contributed by atoms with Crippen LogP contribution in [0.1, 0.15) is 37.0 Å². The predicted octanol–water partition coefficient (Wildman–Crippen LogP) is 2.98. The van der Waals surface area contributed by atoms with Crippen LogP contribution in [0.4, 0.5) is 0 Å². The molecule has 0 aliphatic carbocycles. The number of carbonyl (C=O) groups is 1. The van der Waals surface area contributed by atoms with Crippen molar-refractivity contribution in [1.82, 2.24) is 5.32 Å². The molecule has 0 spiro atoms. The molecule has 0 aromatic heterocycles. The van der Waals surface area contributed by atoms with Gasteiger partial charge in [-0.25, -0.2) is 0 Å². The molecule has 3 nitrogen and oxygen atoms in total. The smallest absolute Gasteiger partial charge is 0.251 e. The van der Waals surface area contributed by atoms with Gasteiger partial charge in [-0.05, 0) is 36.5 Å². The minimum absolute atomic E-state index is 0.0573. The minimum Gasteiger partial charge on any atom is -0.396 e. The van der Waals surface area contributed by atoms with Crippen LogP contribution in [0.2, 0.25) is 0 Å². The fourth-order valence-electron chi connectivity index (χ4n) is 1.58. The molecule has 1 rings (SSSR count). The first-order chi connectivity index (χ1) is 8.44. The van der Waals surface area contributed by atoms with Gasteiger partial charge in [0, 0.05) is 23.2 Å². The van der Waals surface area contributed by atoms with E-state index in [1.807, 2.05) is 26.0 Å². The van der Waals surface area contributed by atoms with Crippen molar-refractivity contribution in [2.24, 2.45) is 5.41 Å². The van der Waals surface area contributed by atoms with Gasteiger partial charge in [0.1, 0.15) is 0 Å². The van der Waals surface area contributed by atoms with Gasteiger partial charge >= 0.3 is 0 Å². The number of aliphatic hydroxyl groups excluding tert-OH is 1. The maximum absolute atomic E-state index is 11.8. The van der Waals surface area contributed by atoms with E-state index in [1.54, 1.807) is 12.1 Å². The highest BCUT2D eigenvalue weighted by Gasteiger charge is 2.15. The van der Waals surface area contributed by atoms with Crippen LogP contribution in [-0.2, 0) is 0 Å². The topological polar surface area (TPSA) is 49.3 Å². The molecule has 4 heteroatoms. The van der Waals surface area contributed by atoms with Crippen molar-refractivity contribution in [2.75, 3.05) is 13.2 Å². The van der Waals surface area contributed by atoms with Crippen molar-refractivity contribution < 1.29 is 9.90 Å². The van der Waals surface area contributed by atoms with E-state index in [2.05, 4.69) is 21.2 Å². The molecule has 0 saturated carbocycles. The summed E-state index contributed by atoms with van der Waals surface area (Å²) < 4.78 is 0.900. The molecule has 1 amide bonds. The lowest BCUT2D eigenvalue weighted by Gasteiger charge is -2.21. The number of hydrogen-bond donors (Lipinski definition) is 2. The Morgan fingerprint density at radius 3 is 2.78 bits per heavy atom. The summed E-state index contributed by atoms with van der Waals surface area (Å²) in [4.78, 5) is 11.8. The lowest BCUT2D eigenvalue weighted by atomic mass is 9.89. The van der Waals surface area contributed by atoms with Crippen LogP contribution in [0.3, 0.4) is 0 Å². The number of carbonyl (C=O) groups excluding carboxylic acids is 1.